The Morgan fingerprint density at radius 1 is 1.30 bits per heavy atom. The molecule has 0 aromatic heterocycles. The number of hydrogen-bond donors (Lipinski definition) is 0. The second-order valence-corrected chi connectivity index (χ2v) is 1.93. The molecule has 0 N–H and O–H groups in total. The van der Waals surface area contributed by atoms with Gasteiger partial charge in [0.2, 0.25) is 0 Å². The molecule has 1 aliphatic rings. The van der Waals surface area contributed by atoms with E-state index in [9.17, 15) is 0 Å². The molecule has 1 aliphatic carbocycles. The predicted molar refractivity (Wildman–Crippen MR) is 52.8 cm³/mol. The predicted octanol–water partition coefficient (Wildman–Crippen LogP) is 3.98. The average molecular weight is 163 g/mol. The van der Waals surface area contributed by atoms with E-state index in [0.717, 1.165) is 0 Å². The lowest BCUT2D eigenvalue weighted by atomic mass is 10.1. The third-order valence-corrected chi connectivity index (χ3v) is 1.18. The molecule has 0 nitrogen and oxygen atoms in total. The molecule has 0 heterocycles. The van der Waals surface area contributed by atoms with Crippen LogP contribution in [0.25, 0.3) is 0 Å². The highest BCUT2D eigenvalue weighted by Gasteiger charge is 1.86. The van der Waals surface area contributed by atoms with E-state index in [4.69, 9.17) is 0 Å². The van der Waals surface area contributed by atoms with Crippen molar-refractivity contribution in [3.8, 4) is 0 Å². The SMILES string of the molecule is CC.CC1=CCCC=C1.Cl.[HH]. The minimum atomic E-state index is 0. The lowest BCUT2D eigenvalue weighted by molar-refractivity contribution is 1.02. The maximum atomic E-state index is 2.26. The summed E-state index contributed by atoms with van der Waals surface area (Å²) in [5.41, 5.74) is 1.41. The van der Waals surface area contributed by atoms with Gasteiger partial charge in [-0.2, -0.15) is 0 Å². The van der Waals surface area contributed by atoms with Crippen LogP contribution >= 0.6 is 12.4 Å². The van der Waals surface area contributed by atoms with Gasteiger partial charge in [-0.3, -0.25) is 0 Å². The molecule has 0 saturated heterocycles. The summed E-state index contributed by atoms with van der Waals surface area (Å²) in [7, 11) is 0. The van der Waals surface area contributed by atoms with Gasteiger partial charge in [0.15, 0.2) is 0 Å². The zero-order valence-corrected chi connectivity index (χ0v) is 7.87. The van der Waals surface area contributed by atoms with Gasteiger partial charge < -0.3 is 0 Å². The molecule has 0 aromatic carbocycles. The molecule has 10 heavy (non-hydrogen) atoms. The van der Waals surface area contributed by atoms with Crippen molar-refractivity contribution in [2.45, 2.75) is 33.6 Å². The van der Waals surface area contributed by atoms with Crippen LogP contribution in [0.15, 0.2) is 23.8 Å². The summed E-state index contributed by atoms with van der Waals surface area (Å²) in [4.78, 5) is 0. The highest BCUT2D eigenvalue weighted by Crippen LogP contribution is 2.06. The molecular formula is C9H19Cl. The van der Waals surface area contributed by atoms with Crippen molar-refractivity contribution < 1.29 is 1.43 Å². The number of hydrogen-bond acceptors (Lipinski definition) is 0. The Morgan fingerprint density at radius 3 is 2.10 bits per heavy atom. The molecule has 1 heteroatoms. The van der Waals surface area contributed by atoms with Crippen molar-refractivity contribution in [1.29, 1.82) is 0 Å². The first-order valence-corrected chi connectivity index (χ1v) is 3.73. The first-order valence-electron chi connectivity index (χ1n) is 3.73. The molecule has 0 fully saturated rings. The molecule has 0 bridgehead atoms. The van der Waals surface area contributed by atoms with Gasteiger partial charge >= 0.3 is 0 Å². The van der Waals surface area contributed by atoms with Gasteiger partial charge in [-0.15, -0.1) is 12.4 Å². The zero-order chi connectivity index (χ0) is 7.11. The minimum Gasteiger partial charge on any atom is -0.147 e. The molecular weight excluding hydrogens is 144 g/mol. The Morgan fingerprint density at radius 2 is 1.90 bits per heavy atom. The number of halogens is 1. The smallest absolute Gasteiger partial charge is 0 e. The molecule has 1 rings (SSSR count). The quantitative estimate of drug-likeness (QED) is 0.506. The van der Waals surface area contributed by atoms with Gasteiger partial charge in [0.05, 0.1) is 0 Å². The summed E-state index contributed by atoms with van der Waals surface area (Å²) >= 11 is 0. The lowest BCUT2D eigenvalue weighted by Crippen LogP contribution is -1.76. The van der Waals surface area contributed by atoms with Crippen LogP contribution in [0.5, 0.6) is 0 Å². The van der Waals surface area contributed by atoms with Crippen LogP contribution in [0.3, 0.4) is 0 Å². The van der Waals surface area contributed by atoms with E-state index in [-0.39, 0.29) is 13.8 Å². The fraction of sp³-hybridized carbons (Fsp3) is 0.556. The Kier molecular flexibility index (Phi) is 10.9. The van der Waals surface area contributed by atoms with Crippen molar-refractivity contribution in [2.75, 3.05) is 0 Å². The summed E-state index contributed by atoms with van der Waals surface area (Å²) < 4.78 is 0. The van der Waals surface area contributed by atoms with Crippen LogP contribution in [-0.4, -0.2) is 0 Å². The van der Waals surface area contributed by atoms with Crippen molar-refractivity contribution in [2.24, 2.45) is 0 Å². The van der Waals surface area contributed by atoms with Crippen LogP contribution in [0.2, 0.25) is 0 Å². The van der Waals surface area contributed by atoms with Crippen LogP contribution in [0, 0.1) is 0 Å². The van der Waals surface area contributed by atoms with Gasteiger partial charge in [0.1, 0.15) is 0 Å². The van der Waals surface area contributed by atoms with Gasteiger partial charge in [0.25, 0.3) is 0 Å². The molecule has 0 radical (unpaired) electrons. The fourth-order valence-corrected chi connectivity index (χ4v) is 0.744. The van der Waals surface area contributed by atoms with Gasteiger partial charge in [-0.05, 0) is 19.8 Å². The molecule has 0 amide bonds. The van der Waals surface area contributed by atoms with Gasteiger partial charge in [0, 0.05) is 1.43 Å². The fourth-order valence-electron chi connectivity index (χ4n) is 0.744. The standard InChI is InChI=1S/C7H10.C2H6.ClH.H2/c1-7-5-3-2-4-6-7;1-2;;/h3,5-6H,2,4H2,1H3;1-2H3;2*1H. The average Bonchev–Trinajstić information content (AvgIpc) is 1.94. The normalized spacial score (nSPS) is 14.1. The Balaban J connectivity index is -0.000000149. The third kappa shape index (κ3) is 5.90. The van der Waals surface area contributed by atoms with Crippen LogP contribution in [-0.2, 0) is 0 Å². The van der Waals surface area contributed by atoms with Crippen molar-refractivity contribution in [3.05, 3.63) is 23.8 Å². The maximum Gasteiger partial charge on any atom is 0 e. The second kappa shape index (κ2) is 8.77. The van der Waals surface area contributed by atoms with Crippen LogP contribution in [0.4, 0.5) is 0 Å². The van der Waals surface area contributed by atoms with Gasteiger partial charge in [-0.1, -0.05) is 37.6 Å². The van der Waals surface area contributed by atoms with Crippen molar-refractivity contribution >= 4 is 12.4 Å². The topological polar surface area (TPSA) is 0 Å². The minimum absolute atomic E-state index is 0. The Labute approximate surface area is 71.9 Å². The monoisotopic (exact) mass is 162 g/mol. The molecule has 0 aliphatic heterocycles. The number of rotatable bonds is 0. The molecule has 0 unspecified atom stereocenters. The van der Waals surface area contributed by atoms with E-state index >= 15 is 0 Å². The highest BCUT2D eigenvalue weighted by atomic mass is 35.5. The molecule has 0 saturated carbocycles. The summed E-state index contributed by atoms with van der Waals surface area (Å²) in [6, 6.07) is 0. The Bertz CT molecular complexity index is 117. The zero-order valence-electron chi connectivity index (χ0n) is 7.05. The van der Waals surface area contributed by atoms with E-state index in [1.54, 1.807) is 0 Å². The summed E-state index contributed by atoms with van der Waals surface area (Å²) in [6.45, 7) is 6.13. The molecule has 0 spiro atoms. The van der Waals surface area contributed by atoms with E-state index in [1.165, 1.54) is 18.4 Å². The first-order chi connectivity index (χ1) is 4.39. The van der Waals surface area contributed by atoms with Crippen LogP contribution in [0.1, 0.15) is 35.0 Å². The van der Waals surface area contributed by atoms with E-state index < -0.39 is 0 Å². The second-order valence-electron chi connectivity index (χ2n) is 1.93. The molecule has 0 aromatic rings. The third-order valence-electron chi connectivity index (χ3n) is 1.18. The summed E-state index contributed by atoms with van der Waals surface area (Å²) in [5.74, 6) is 0. The summed E-state index contributed by atoms with van der Waals surface area (Å²) in [6.07, 6.45) is 9.12. The molecule has 0 atom stereocenters. The van der Waals surface area contributed by atoms with E-state index in [0.29, 0.717) is 0 Å². The number of allylic oxidation sites excluding steroid dienone is 4. The van der Waals surface area contributed by atoms with Gasteiger partial charge in [-0.25, -0.2) is 0 Å². The van der Waals surface area contributed by atoms with Crippen molar-refractivity contribution in [3.63, 3.8) is 0 Å². The summed E-state index contributed by atoms with van der Waals surface area (Å²) in [5, 5.41) is 0. The lowest BCUT2D eigenvalue weighted by Gasteiger charge is -1.96. The molecule has 62 valence electrons. The van der Waals surface area contributed by atoms with E-state index in [1.807, 2.05) is 13.8 Å². The largest absolute Gasteiger partial charge is 0.147 e. The first kappa shape index (κ1) is 12.4. The Hall–Kier alpha value is -0.230. The van der Waals surface area contributed by atoms with Crippen LogP contribution < -0.4 is 0 Å². The maximum absolute atomic E-state index is 2.26. The highest BCUT2D eigenvalue weighted by molar-refractivity contribution is 5.85. The van der Waals surface area contributed by atoms with E-state index in [2.05, 4.69) is 25.2 Å². The van der Waals surface area contributed by atoms with Crippen molar-refractivity contribution in [1.82, 2.24) is 0 Å².